The Hall–Kier alpha value is -2.73. The Morgan fingerprint density at radius 1 is 1.12 bits per heavy atom. The number of nitrogens with one attached hydrogen (secondary N) is 1. The van der Waals surface area contributed by atoms with Crippen molar-refractivity contribution in [2.24, 2.45) is 0 Å². The highest BCUT2D eigenvalue weighted by molar-refractivity contribution is 6.30. The number of amides is 1. The first-order valence-corrected chi connectivity index (χ1v) is 8.48. The van der Waals surface area contributed by atoms with Crippen LogP contribution in [0.5, 0.6) is 11.5 Å². The smallest absolute Gasteiger partial charge is 0.347 e. The van der Waals surface area contributed by atoms with Gasteiger partial charge in [0.25, 0.3) is 5.91 Å². The number of ether oxygens (including phenoxy) is 3. The molecule has 2 rings (SSSR count). The molecule has 6 nitrogen and oxygen atoms in total. The van der Waals surface area contributed by atoms with Crippen LogP contribution in [0.4, 0.5) is 5.69 Å². The quantitative estimate of drug-likeness (QED) is 0.710. The molecule has 2 aromatic rings. The molecule has 0 saturated heterocycles. The van der Waals surface area contributed by atoms with Crippen LogP contribution >= 0.6 is 11.6 Å². The highest BCUT2D eigenvalue weighted by Gasteiger charge is 2.18. The molecule has 0 spiro atoms. The first kappa shape index (κ1) is 19.6. The molecule has 7 heteroatoms. The zero-order valence-corrected chi connectivity index (χ0v) is 15.3. The van der Waals surface area contributed by atoms with Gasteiger partial charge in [-0.3, -0.25) is 4.79 Å². The largest absolute Gasteiger partial charge is 0.492 e. The van der Waals surface area contributed by atoms with E-state index >= 15 is 0 Å². The Bertz CT molecular complexity index is 748. The summed E-state index contributed by atoms with van der Waals surface area (Å²) < 4.78 is 15.9. The van der Waals surface area contributed by atoms with Crippen LogP contribution in [0.1, 0.15) is 13.8 Å². The summed E-state index contributed by atoms with van der Waals surface area (Å²) in [5.41, 5.74) is 0.515. The second kappa shape index (κ2) is 9.68. The molecule has 0 heterocycles. The molecule has 2 aromatic carbocycles. The van der Waals surface area contributed by atoms with Crippen molar-refractivity contribution in [1.82, 2.24) is 0 Å². The molecule has 1 N–H and O–H groups in total. The predicted molar refractivity (Wildman–Crippen MR) is 98.7 cm³/mol. The van der Waals surface area contributed by atoms with Crippen molar-refractivity contribution < 1.29 is 23.8 Å². The number of hydrogen-bond acceptors (Lipinski definition) is 5. The topological polar surface area (TPSA) is 73.9 Å². The van der Waals surface area contributed by atoms with Gasteiger partial charge in [0.2, 0.25) is 0 Å². The van der Waals surface area contributed by atoms with Gasteiger partial charge in [-0.05, 0) is 50.2 Å². The van der Waals surface area contributed by atoms with Gasteiger partial charge in [-0.15, -0.1) is 0 Å². The van der Waals surface area contributed by atoms with E-state index in [4.69, 9.17) is 25.8 Å². The standard InChI is InChI=1S/C19H20ClNO5/c1-3-24-17-7-5-4-6-16(17)21-18(22)12-25-19(23)13(2)26-15-10-8-14(20)9-11-15/h4-11,13H,3,12H2,1-2H3,(H,21,22)/t13-/m1/s1. The number of carbonyl (C=O) groups is 2. The van der Waals surface area contributed by atoms with Crippen molar-refractivity contribution in [3.8, 4) is 11.5 Å². The summed E-state index contributed by atoms with van der Waals surface area (Å²) in [5, 5.41) is 3.22. The van der Waals surface area contributed by atoms with Crippen LogP contribution in [0.2, 0.25) is 5.02 Å². The fourth-order valence-electron chi connectivity index (χ4n) is 2.06. The van der Waals surface area contributed by atoms with E-state index in [2.05, 4.69) is 5.32 Å². The first-order valence-electron chi connectivity index (χ1n) is 8.10. The van der Waals surface area contributed by atoms with Crippen molar-refractivity contribution in [3.63, 3.8) is 0 Å². The molecule has 1 amide bonds. The molecule has 26 heavy (non-hydrogen) atoms. The Labute approximate surface area is 157 Å². The Balaban J connectivity index is 1.82. The highest BCUT2D eigenvalue weighted by Crippen LogP contribution is 2.23. The summed E-state index contributed by atoms with van der Waals surface area (Å²) in [6.45, 7) is 3.44. The zero-order chi connectivity index (χ0) is 18.9. The number of anilines is 1. The molecular weight excluding hydrogens is 358 g/mol. The number of para-hydroxylation sites is 2. The van der Waals surface area contributed by atoms with E-state index in [0.29, 0.717) is 28.8 Å². The van der Waals surface area contributed by atoms with E-state index in [-0.39, 0.29) is 0 Å². The van der Waals surface area contributed by atoms with E-state index in [1.807, 2.05) is 6.92 Å². The van der Waals surface area contributed by atoms with E-state index in [0.717, 1.165) is 0 Å². The zero-order valence-electron chi connectivity index (χ0n) is 14.5. The average Bonchev–Trinajstić information content (AvgIpc) is 2.63. The second-order valence-electron chi connectivity index (χ2n) is 5.30. The first-order chi connectivity index (χ1) is 12.5. The maximum Gasteiger partial charge on any atom is 0.347 e. The van der Waals surface area contributed by atoms with Crippen LogP contribution in [-0.2, 0) is 14.3 Å². The lowest BCUT2D eigenvalue weighted by Gasteiger charge is -2.14. The van der Waals surface area contributed by atoms with Gasteiger partial charge in [-0.2, -0.15) is 0 Å². The summed E-state index contributed by atoms with van der Waals surface area (Å²) >= 11 is 5.79. The normalized spacial score (nSPS) is 11.3. The molecule has 0 aliphatic heterocycles. The summed E-state index contributed by atoms with van der Waals surface area (Å²) in [7, 11) is 0. The van der Waals surface area contributed by atoms with E-state index in [1.165, 1.54) is 0 Å². The van der Waals surface area contributed by atoms with Crippen LogP contribution in [0, 0.1) is 0 Å². The van der Waals surface area contributed by atoms with Crippen molar-refractivity contribution in [2.45, 2.75) is 20.0 Å². The second-order valence-corrected chi connectivity index (χ2v) is 5.74. The maximum absolute atomic E-state index is 12.0. The summed E-state index contributed by atoms with van der Waals surface area (Å²) in [6.07, 6.45) is -0.861. The van der Waals surface area contributed by atoms with E-state index in [1.54, 1.807) is 55.5 Å². The molecule has 138 valence electrons. The van der Waals surface area contributed by atoms with Crippen molar-refractivity contribution >= 4 is 29.2 Å². The van der Waals surface area contributed by atoms with Crippen LogP contribution in [0.15, 0.2) is 48.5 Å². The lowest BCUT2D eigenvalue weighted by atomic mass is 10.3. The minimum absolute atomic E-state index is 0.423. The average molecular weight is 378 g/mol. The molecule has 0 aliphatic rings. The van der Waals surface area contributed by atoms with Gasteiger partial charge in [-0.1, -0.05) is 23.7 Å². The minimum atomic E-state index is -0.861. The molecule has 0 aromatic heterocycles. The molecule has 0 unspecified atom stereocenters. The number of halogens is 1. The molecule has 0 radical (unpaired) electrons. The van der Waals surface area contributed by atoms with Crippen LogP contribution in [0.3, 0.4) is 0 Å². The van der Waals surface area contributed by atoms with Crippen molar-refractivity contribution in [1.29, 1.82) is 0 Å². The van der Waals surface area contributed by atoms with E-state index < -0.39 is 24.6 Å². The molecule has 0 saturated carbocycles. The minimum Gasteiger partial charge on any atom is -0.492 e. The number of benzene rings is 2. The van der Waals surface area contributed by atoms with Gasteiger partial charge in [0.15, 0.2) is 12.7 Å². The molecule has 0 aliphatic carbocycles. The van der Waals surface area contributed by atoms with Gasteiger partial charge in [0.1, 0.15) is 11.5 Å². The highest BCUT2D eigenvalue weighted by atomic mass is 35.5. The number of rotatable bonds is 8. The number of esters is 1. The lowest BCUT2D eigenvalue weighted by Crippen LogP contribution is -2.29. The Morgan fingerprint density at radius 2 is 1.81 bits per heavy atom. The summed E-state index contributed by atoms with van der Waals surface area (Å²) in [6, 6.07) is 13.6. The summed E-state index contributed by atoms with van der Waals surface area (Å²) in [4.78, 5) is 24.0. The fraction of sp³-hybridized carbons (Fsp3) is 0.263. The SMILES string of the molecule is CCOc1ccccc1NC(=O)COC(=O)[C@@H](C)Oc1ccc(Cl)cc1. The fourth-order valence-corrected chi connectivity index (χ4v) is 2.18. The number of hydrogen-bond donors (Lipinski definition) is 1. The van der Waals surface area contributed by atoms with Gasteiger partial charge >= 0.3 is 5.97 Å². The third-order valence-corrected chi connectivity index (χ3v) is 3.52. The van der Waals surface area contributed by atoms with Crippen LogP contribution in [-0.4, -0.2) is 31.2 Å². The third-order valence-electron chi connectivity index (χ3n) is 3.26. The maximum atomic E-state index is 12.0. The van der Waals surface area contributed by atoms with Crippen LogP contribution in [0.25, 0.3) is 0 Å². The Kier molecular flexibility index (Phi) is 7.29. The van der Waals surface area contributed by atoms with Gasteiger partial charge in [-0.25, -0.2) is 4.79 Å². The van der Waals surface area contributed by atoms with Crippen LogP contribution < -0.4 is 14.8 Å². The molecule has 0 fully saturated rings. The van der Waals surface area contributed by atoms with Gasteiger partial charge < -0.3 is 19.5 Å². The lowest BCUT2D eigenvalue weighted by molar-refractivity contribution is -0.153. The Morgan fingerprint density at radius 3 is 2.50 bits per heavy atom. The van der Waals surface area contributed by atoms with Crippen molar-refractivity contribution in [2.75, 3.05) is 18.5 Å². The molecular formula is C19H20ClNO5. The third kappa shape index (κ3) is 5.97. The number of carbonyl (C=O) groups excluding carboxylic acids is 2. The molecule has 0 bridgehead atoms. The van der Waals surface area contributed by atoms with E-state index in [9.17, 15) is 9.59 Å². The van der Waals surface area contributed by atoms with Gasteiger partial charge in [0, 0.05) is 5.02 Å². The monoisotopic (exact) mass is 377 g/mol. The van der Waals surface area contributed by atoms with Gasteiger partial charge in [0.05, 0.1) is 12.3 Å². The van der Waals surface area contributed by atoms with Crippen molar-refractivity contribution in [3.05, 3.63) is 53.6 Å². The summed E-state index contributed by atoms with van der Waals surface area (Å²) in [5.74, 6) is -0.0829. The predicted octanol–water partition coefficient (Wildman–Crippen LogP) is 3.69. The molecule has 1 atom stereocenters.